The molecule has 2 aromatic rings. The zero-order chi connectivity index (χ0) is 14.9. The lowest BCUT2D eigenvalue weighted by molar-refractivity contribution is 0.570. The van der Waals surface area contributed by atoms with Crippen LogP contribution in [0.3, 0.4) is 0 Å². The third-order valence-electron chi connectivity index (χ3n) is 2.73. The molecule has 9 nitrogen and oxygen atoms in total. The van der Waals surface area contributed by atoms with Crippen LogP contribution in [0, 0.1) is 0 Å². The highest BCUT2D eigenvalue weighted by molar-refractivity contribution is 7.89. The van der Waals surface area contributed by atoms with Crippen molar-refractivity contribution < 1.29 is 8.42 Å². The Labute approximate surface area is 113 Å². The Hall–Kier alpha value is -2.20. The molecule has 0 aromatic carbocycles. The van der Waals surface area contributed by atoms with Crippen LogP contribution in [0.1, 0.15) is 5.56 Å². The second-order valence-electron chi connectivity index (χ2n) is 4.18. The van der Waals surface area contributed by atoms with Gasteiger partial charge >= 0.3 is 5.69 Å². The van der Waals surface area contributed by atoms with Crippen LogP contribution in [0.15, 0.2) is 33.1 Å². The molecule has 2 aromatic heterocycles. The zero-order valence-electron chi connectivity index (χ0n) is 10.8. The third kappa shape index (κ3) is 2.56. The van der Waals surface area contributed by atoms with Gasteiger partial charge in [0.1, 0.15) is 0 Å². The summed E-state index contributed by atoms with van der Waals surface area (Å²) in [6.07, 6.45) is 3.99. The van der Waals surface area contributed by atoms with Crippen LogP contribution in [0.5, 0.6) is 0 Å². The number of nitrogens with one attached hydrogen (secondary N) is 2. The predicted octanol–water partition coefficient (Wildman–Crippen LogP) is -1.71. The molecule has 0 radical (unpaired) electrons. The van der Waals surface area contributed by atoms with E-state index in [9.17, 15) is 18.0 Å². The van der Waals surface area contributed by atoms with E-state index in [1.807, 2.05) is 0 Å². The summed E-state index contributed by atoms with van der Waals surface area (Å²) in [5.41, 5.74) is -0.841. The lowest BCUT2D eigenvalue weighted by Gasteiger charge is -2.08. The maximum absolute atomic E-state index is 12.1. The molecule has 20 heavy (non-hydrogen) atoms. The Morgan fingerprint density at radius 2 is 2.05 bits per heavy atom. The van der Waals surface area contributed by atoms with E-state index >= 15 is 0 Å². The number of rotatable bonds is 4. The number of hydrogen-bond acceptors (Lipinski definition) is 5. The number of hydrogen-bond donors (Lipinski definition) is 2. The molecule has 0 saturated heterocycles. The monoisotopic (exact) mass is 299 g/mol. The molecule has 0 saturated carbocycles. The highest BCUT2D eigenvalue weighted by Crippen LogP contribution is 2.02. The molecule has 0 amide bonds. The van der Waals surface area contributed by atoms with Gasteiger partial charge in [0.15, 0.2) is 4.90 Å². The lowest BCUT2D eigenvalue weighted by Crippen LogP contribution is -2.41. The molecule has 0 bridgehead atoms. The van der Waals surface area contributed by atoms with E-state index < -0.39 is 26.2 Å². The molecular weight excluding hydrogens is 286 g/mol. The van der Waals surface area contributed by atoms with Gasteiger partial charge in [0, 0.05) is 38.6 Å². The van der Waals surface area contributed by atoms with Crippen molar-refractivity contribution in [3.63, 3.8) is 0 Å². The van der Waals surface area contributed by atoms with Crippen molar-refractivity contribution in [1.82, 2.24) is 24.1 Å². The summed E-state index contributed by atoms with van der Waals surface area (Å²) in [5.74, 6) is 0. The smallest absolute Gasteiger partial charge is 0.302 e. The van der Waals surface area contributed by atoms with Crippen LogP contribution >= 0.6 is 0 Å². The largest absolute Gasteiger partial charge is 0.330 e. The first-order chi connectivity index (χ1) is 9.33. The molecule has 2 N–H and O–H groups in total. The fourth-order valence-corrected chi connectivity index (χ4v) is 2.77. The van der Waals surface area contributed by atoms with Gasteiger partial charge in [-0.15, -0.1) is 0 Å². The molecule has 0 aliphatic rings. The van der Waals surface area contributed by atoms with E-state index in [2.05, 4.69) is 14.9 Å². The van der Waals surface area contributed by atoms with Crippen LogP contribution in [-0.4, -0.2) is 27.7 Å². The predicted molar refractivity (Wildman–Crippen MR) is 69.5 cm³/mol. The van der Waals surface area contributed by atoms with Gasteiger partial charge in [-0.05, 0) is 0 Å². The van der Waals surface area contributed by atoms with Crippen molar-refractivity contribution in [2.24, 2.45) is 14.1 Å². The second kappa shape index (κ2) is 5.06. The first-order valence-electron chi connectivity index (χ1n) is 5.57. The van der Waals surface area contributed by atoms with Crippen molar-refractivity contribution >= 4 is 10.0 Å². The van der Waals surface area contributed by atoms with Gasteiger partial charge in [-0.1, -0.05) is 0 Å². The molecular formula is C10H13N5O4S. The summed E-state index contributed by atoms with van der Waals surface area (Å²) < 4.78 is 28.2. The standard InChI is InChI=1S/C10H13N5O4S/c1-14-6-8(9(16)15(2)10(14)17)20(18,19)13-5-7-3-11-12-4-7/h3-4,6,13H,5H2,1-2H3,(H,11,12). The number of aryl methyl sites for hydroxylation is 1. The summed E-state index contributed by atoms with van der Waals surface area (Å²) in [6, 6.07) is 0. The zero-order valence-corrected chi connectivity index (χ0v) is 11.6. The second-order valence-corrected chi connectivity index (χ2v) is 5.92. The SMILES string of the molecule is Cn1cc(S(=O)(=O)NCc2cn[nH]c2)c(=O)n(C)c1=O. The van der Waals surface area contributed by atoms with E-state index in [0.29, 0.717) is 5.56 Å². The molecule has 10 heteroatoms. The van der Waals surface area contributed by atoms with Gasteiger partial charge < -0.3 is 4.57 Å². The minimum Gasteiger partial charge on any atom is -0.302 e. The Kier molecular flexibility index (Phi) is 3.59. The maximum atomic E-state index is 12.1. The Morgan fingerprint density at radius 1 is 1.35 bits per heavy atom. The molecule has 0 aliphatic carbocycles. The fraction of sp³-hybridized carbons (Fsp3) is 0.300. The highest BCUT2D eigenvalue weighted by atomic mass is 32.2. The Morgan fingerprint density at radius 3 is 2.65 bits per heavy atom. The molecule has 0 unspecified atom stereocenters. The van der Waals surface area contributed by atoms with Gasteiger partial charge in [0.25, 0.3) is 5.56 Å². The topological polar surface area (TPSA) is 119 Å². The first-order valence-corrected chi connectivity index (χ1v) is 7.05. The molecule has 0 fully saturated rings. The minimum atomic E-state index is -4.01. The lowest BCUT2D eigenvalue weighted by atomic mass is 10.4. The fourth-order valence-electron chi connectivity index (χ4n) is 1.59. The number of H-pyrrole nitrogens is 1. The minimum absolute atomic E-state index is 0.00910. The molecule has 2 heterocycles. The summed E-state index contributed by atoms with van der Waals surface area (Å²) in [4.78, 5) is 22.9. The van der Waals surface area contributed by atoms with Gasteiger partial charge in [0.05, 0.1) is 6.20 Å². The van der Waals surface area contributed by atoms with E-state index in [1.54, 1.807) is 0 Å². The maximum Gasteiger partial charge on any atom is 0.330 e. The van der Waals surface area contributed by atoms with Crippen LogP contribution in [-0.2, 0) is 30.7 Å². The highest BCUT2D eigenvalue weighted by Gasteiger charge is 2.21. The van der Waals surface area contributed by atoms with E-state index in [4.69, 9.17) is 0 Å². The van der Waals surface area contributed by atoms with E-state index in [-0.39, 0.29) is 6.54 Å². The molecule has 108 valence electrons. The number of aromatic amines is 1. The van der Waals surface area contributed by atoms with E-state index in [0.717, 1.165) is 15.3 Å². The number of sulfonamides is 1. The van der Waals surface area contributed by atoms with Crippen molar-refractivity contribution in [3.05, 3.63) is 45.0 Å². The summed E-state index contributed by atoms with van der Waals surface area (Å²) in [6.45, 7) is -0.00910. The van der Waals surface area contributed by atoms with Crippen LogP contribution < -0.4 is 16.0 Å². The van der Waals surface area contributed by atoms with Crippen LogP contribution in [0.25, 0.3) is 0 Å². The third-order valence-corrected chi connectivity index (χ3v) is 4.11. The molecule has 0 atom stereocenters. The first kappa shape index (κ1) is 14.2. The molecule has 0 aliphatic heterocycles. The van der Waals surface area contributed by atoms with Crippen LogP contribution in [0.2, 0.25) is 0 Å². The summed E-state index contributed by atoms with van der Waals surface area (Å²) in [7, 11) is -1.42. The van der Waals surface area contributed by atoms with Gasteiger partial charge in [0.2, 0.25) is 10.0 Å². The van der Waals surface area contributed by atoms with Crippen LogP contribution in [0.4, 0.5) is 0 Å². The van der Waals surface area contributed by atoms with Gasteiger partial charge in [-0.3, -0.25) is 14.5 Å². The van der Waals surface area contributed by atoms with Gasteiger partial charge in [-0.2, -0.15) is 5.10 Å². The summed E-state index contributed by atoms with van der Waals surface area (Å²) in [5, 5.41) is 6.23. The van der Waals surface area contributed by atoms with Crippen molar-refractivity contribution in [2.45, 2.75) is 11.4 Å². The van der Waals surface area contributed by atoms with Crippen molar-refractivity contribution in [3.8, 4) is 0 Å². The number of nitrogens with zero attached hydrogens (tertiary/aromatic N) is 3. The quantitative estimate of drug-likeness (QED) is 0.696. The number of aromatic nitrogens is 4. The average Bonchev–Trinajstić information content (AvgIpc) is 2.91. The van der Waals surface area contributed by atoms with Crippen molar-refractivity contribution in [1.29, 1.82) is 0 Å². The van der Waals surface area contributed by atoms with E-state index in [1.165, 1.54) is 26.5 Å². The average molecular weight is 299 g/mol. The Bertz CT molecular complexity index is 832. The van der Waals surface area contributed by atoms with Gasteiger partial charge in [-0.25, -0.2) is 17.9 Å². The molecule has 2 rings (SSSR count). The molecule has 0 spiro atoms. The Balaban J connectivity index is 2.40. The van der Waals surface area contributed by atoms with Crippen molar-refractivity contribution in [2.75, 3.05) is 0 Å². The summed E-state index contributed by atoms with van der Waals surface area (Å²) >= 11 is 0. The normalized spacial score (nSPS) is 11.7.